The SMILES string of the molecule is CCOC(=O)N1CCN(CC(O)COCC(C)c2ccccc2)CC1.Cl. The Kier molecular flexibility index (Phi) is 10.6. The van der Waals surface area contributed by atoms with Gasteiger partial charge >= 0.3 is 6.09 Å². The van der Waals surface area contributed by atoms with Crippen molar-refractivity contribution >= 4 is 18.5 Å². The third-order valence-electron chi connectivity index (χ3n) is 4.41. The van der Waals surface area contributed by atoms with Gasteiger partial charge in [0.1, 0.15) is 0 Å². The second kappa shape index (κ2) is 12.1. The third-order valence-corrected chi connectivity index (χ3v) is 4.41. The van der Waals surface area contributed by atoms with E-state index >= 15 is 0 Å². The topological polar surface area (TPSA) is 62.2 Å². The summed E-state index contributed by atoms with van der Waals surface area (Å²) in [6, 6.07) is 10.2. The largest absolute Gasteiger partial charge is 0.450 e. The molecule has 6 nitrogen and oxygen atoms in total. The lowest BCUT2D eigenvalue weighted by Gasteiger charge is -2.34. The number of piperazine rings is 1. The van der Waals surface area contributed by atoms with Crippen molar-refractivity contribution in [3.63, 3.8) is 0 Å². The second-order valence-electron chi connectivity index (χ2n) is 6.49. The zero-order valence-electron chi connectivity index (χ0n) is 15.7. The summed E-state index contributed by atoms with van der Waals surface area (Å²) in [5, 5.41) is 10.2. The molecule has 1 amide bonds. The number of β-amino-alcohol motifs (C(OH)–C–C–N with tert-alkyl or cyclic N) is 1. The molecule has 0 radical (unpaired) electrons. The van der Waals surface area contributed by atoms with E-state index in [-0.39, 0.29) is 18.5 Å². The first-order valence-corrected chi connectivity index (χ1v) is 9.05. The lowest BCUT2D eigenvalue weighted by atomic mass is 10.0. The van der Waals surface area contributed by atoms with E-state index in [1.807, 2.05) is 25.1 Å². The Bertz CT molecular complexity index is 510. The maximum atomic E-state index is 11.7. The van der Waals surface area contributed by atoms with Crippen LogP contribution < -0.4 is 0 Å². The van der Waals surface area contributed by atoms with Gasteiger partial charge in [-0.25, -0.2) is 4.79 Å². The molecule has 26 heavy (non-hydrogen) atoms. The Hall–Kier alpha value is -1.34. The van der Waals surface area contributed by atoms with Crippen molar-refractivity contribution in [2.75, 3.05) is 52.5 Å². The molecule has 1 aromatic carbocycles. The minimum absolute atomic E-state index is 0. The van der Waals surface area contributed by atoms with Crippen LogP contribution in [-0.4, -0.2) is 79.6 Å². The first-order valence-electron chi connectivity index (χ1n) is 9.05. The fourth-order valence-electron chi connectivity index (χ4n) is 2.94. The summed E-state index contributed by atoms with van der Waals surface area (Å²) < 4.78 is 10.7. The number of ether oxygens (including phenoxy) is 2. The van der Waals surface area contributed by atoms with E-state index < -0.39 is 6.10 Å². The van der Waals surface area contributed by atoms with Crippen molar-refractivity contribution < 1.29 is 19.4 Å². The first kappa shape index (κ1) is 22.7. The number of amides is 1. The number of halogens is 1. The molecular formula is C19H31ClN2O4. The maximum Gasteiger partial charge on any atom is 0.409 e. The number of hydrogen-bond acceptors (Lipinski definition) is 5. The van der Waals surface area contributed by atoms with Gasteiger partial charge in [0.05, 0.1) is 25.9 Å². The van der Waals surface area contributed by atoms with Crippen molar-refractivity contribution in [2.24, 2.45) is 0 Å². The van der Waals surface area contributed by atoms with Gasteiger partial charge in [0, 0.05) is 38.6 Å². The molecule has 1 fully saturated rings. The molecule has 1 aliphatic heterocycles. The lowest BCUT2D eigenvalue weighted by molar-refractivity contribution is 0.00388. The molecule has 0 saturated carbocycles. The van der Waals surface area contributed by atoms with Gasteiger partial charge in [0.15, 0.2) is 0 Å². The highest BCUT2D eigenvalue weighted by atomic mass is 35.5. The minimum atomic E-state index is -0.517. The van der Waals surface area contributed by atoms with Crippen LogP contribution in [0.4, 0.5) is 4.79 Å². The van der Waals surface area contributed by atoms with Gasteiger partial charge in [-0.1, -0.05) is 37.3 Å². The number of carbonyl (C=O) groups excluding carboxylic acids is 1. The monoisotopic (exact) mass is 386 g/mol. The number of carbonyl (C=O) groups is 1. The molecule has 1 saturated heterocycles. The number of aliphatic hydroxyl groups is 1. The highest BCUT2D eigenvalue weighted by Gasteiger charge is 2.23. The van der Waals surface area contributed by atoms with Crippen LogP contribution in [0.3, 0.4) is 0 Å². The summed E-state index contributed by atoms with van der Waals surface area (Å²) in [7, 11) is 0. The average Bonchev–Trinajstić information content (AvgIpc) is 2.63. The summed E-state index contributed by atoms with van der Waals surface area (Å²) in [6.45, 7) is 8.58. The van der Waals surface area contributed by atoms with Gasteiger partial charge < -0.3 is 19.5 Å². The Morgan fingerprint density at radius 2 is 1.81 bits per heavy atom. The molecule has 7 heteroatoms. The van der Waals surface area contributed by atoms with Gasteiger partial charge in [0.2, 0.25) is 0 Å². The molecule has 148 valence electrons. The smallest absolute Gasteiger partial charge is 0.409 e. The summed E-state index contributed by atoms with van der Waals surface area (Å²) in [5.74, 6) is 0.307. The zero-order valence-corrected chi connectivity index (χ0v) is 16.5. The van der Waals surface area contributed by atoms with Crippen LogP contribution in [0, 0.1) is 0 Å². The predicted molar refractivity (Wildman–Crippen MR) is 104 cm³/mol. The number of rotatable bonds is 8. The maximum absolute atomic E-state index is 11.7. The number of hydrogen-bond donors (Lipinski definition) is 1. The van der Waals surface area contributed by atoms with Crippen LogP contribution >= 0.6 is 12.4 Å². The quantitative estimate of drug-likeness (QED) is 0.743. The third kappa shape index (κ3) is 7.50. The fraction of sp³-hybridized carbons (Fsp3) is 0.632. The second-order valence-corrected chi connectivity index (χ2v) is 6.49. The van der Waals surface area contributed by atoms with Crippen molar-refractivity contribution in [1.82, 2.24) is 9.80 Å². The highest BCUT2D eigenvalue weighted by molar-refractivity contribution is 5.85. The number of nitrogens with zero attached hydrogens (tertiary/aromatic N) is 2. The van der Waals surface area contributed by atoms with Gasteiger partial charge in [-0.3, -0.25) is 4.90 Å². The van der Waals surface area contributed by atoms with E-state index in [1.54, 1.807) is 4.90 Å². The van der Waals surface area contributed by atoms with Crippen LogP contribution in [0.25, 0.3) is 0 Å². The Labute approximate surface area is 162 Å². The van der Waals surface area contributed by atoms with Gasteiger partial charge in [-0.2, -0.15) is 0 Å². The predicted octanol–water partition coefficient (Wildman–Crippen LogP) is 2.36. The Morgan fingerprint density at radius 3 is 2.42 bits per heavy atom. The van der Waals surface area contributed by atoms with Crippen molar-refractivity contribution in [3.05, 3.63) is 35.9 Å². The van der Waals surface area contributed by atoms with E-state index in [0.717, 1.165) is 13.1 Å². The van der Waals surface area contributed by atoms with E-state index in [0.29, 0.717) is 45.4 Å². The molecule has 0 aliphatic carbocycles. The summed E-state index contributed by atoms with van der Waals surface area (Å²) >= 11 is 0. The molecule has 0 aromatic heterocycles. The molecule has 0 bridgehead atoms. The fourth-order valence-corrected chi connectivity index (χ4v) is 2.94. The van der Waals surface area contributed by atoms with Crippen LogP contribution in [-0.2, 0) is 9.47 Å². The van der Waals surface area contributed by atoms with Gasteiger partial charge in [0.25, 0.3) is 0 Å². The van der Waals surface area contributed by atoms with E-state index in [9.17, 15) is 9.90 Å². The number of benzene rings is 1. The summed E-state index contributed by atoms with van der Waals surface area (Å²) in [5.41, 5.74) is 1.24. The molecule has 2 rings (SSSR count). The molecule has 2 atom stereocenters. The normalized spacial score (nSPS) is 17.3. The molecule has 1 aliphatic rings. The summed E-state index contributed by atoms with van der Waals surface area (Å²) in [6.07, 6.45) is -0.766. The lowest BCUT2D eigenvalue weighted by Crippen LogP contribution is -2.51. The molecule has 1 heterocycles. The van der Waals surface area contributed by atoms with Crippen molar-refractivity contribution in [2.45, 2.75) is 25.9 Å². The standard InChI is InChI=1S/C19H30N2O4.ClH/c1-3-25-19(23)21-11-9-20(10-12-21)13-18(22)15-24-14-16(2)17-7-5-4-6-8-17;/h4-8,16,18,22H,3,9-15H2,1-2H3;1H. The molecular weight excluding hydrogens is 356 g/mol. The summed E-state index contributed by atoms with van der Waals surface area (Å²) in [4.78, 5) is 15.5. The Morgan fingerprint density at radius 1 is 1.15 bits per heavy atom. The van der Waals surface area contributed by atoms with Crippen LogP contribution in [0.1, 0.15) is 25.3 Å². The first-order chi connectivity index (χ1) is 12.1. The minimum Gasteiger partial charge on any atom is -0.450 e. The van der Waals surface area contributed by atoms with Crippen molar-refractivity contribution in [3.8, 4) is 0 Å². The van der Waals surface area contributed by atoms with E-state index in [4.69, 9.17) is 9.47 Å². The van der Waals surface area contributed by atoms with Crippen LogP contribution in [0.15, 0.2) is 30.3 Å². The molecule has 0 spiro atoms. The van der Waals surface area contributed by atoms with E-state index in [1.165, 1.54) is 5.56 Å². The number of aliphatic hydroxyl groups excluding tert-OH is 1. The average molecular weight is 387 g/mol. The molecule has 1 aromatic rings. The van der Waals surface area contributed by atoms with Crippen LogP contribution in [0.2, 0.25) is 0 Å². The Balaban J connectivity index is 0.00000338. The highest BCUT2D eigenvalue weighted by Crippen LogP contribution is 2.14. The van der Waals surface area contributed by atoms with Crippen LogP contribution in [0.5, 0.6) is 0 Å². The molecule has 2 unspecified atom stereocenters. The van der Waals surface area contributed by atoms with E-state index in [2.05, 4.69) is 24.0 Å². The molecule has 1 N–H and O–H groups in total. The van der Waals surface area contributed by atoms with Crippen molar-refractivity contribution in [1.29, 1.82) is 0 Å². The van der Waals surface area contributed by atoms with Gasteiger partial charge in [-0.05, 0) is 12.5 Å². The zero-order chi connectivity index (χ0) is 18.1. The van der Waals surface area contributed by atoms with Gasteiger partial charge in [-0.15, -0.1) is 12.4 Å².